The average molecular weight is 244 g/mol. The molecule has 18 heavy (non-hydrogen) atoms. The molecule has 3 heteroatoms. The summed E-state index contributed by atoms with van der Waals surface area (Å²) < 4.78 is 1.94. The zero-order valence-corrected chi connectivity index (χ0v) is 10.8. The molecule has 0 spiro atoms. The van der Waals surface area contributed by atoms with Gasteiger partial charge in [0, 0.05) is 12.4 Å². The maximum absolute atomic E-state index is 10.1. The summed E-state index contributed by atoms with van der Waals surface area (Å²) in [5.74, 6) is 0.386. The molecule has 0 amide bonds. The Morgan fingerprint density at radius 3 is 2.89 bits per heavy atom. The van der Waals surface area contributed by atoms with Crippen LogP contribution < -0.4 is 0 Å². The molecule has 2 atom stereocenters. The largest absolute Gasteiger partial charge is 0.393 e. The summed E-state index contributed by atoms with van der Waals surface area (Å²) >= 11 is 0. The SMILES string of the molecule is Cn1nc(CC2CCCCC2O)c2ccccc21. The molecule has 1 N–H and O–H groups in total. The Balaban J connectivity index is 1.90. The van der Waals surface area contributed by atoms with Crippen LogP contribution in [0.5, 0.6) is 0 Å². The standard InChI is InChI=1S/C15H20N2O/c1-17-14-8-4-3-7-12(14)13(16-17)10-11-6-2-5-9-15(11)18/h3-4,7-8,11,15,18H,2,5-6,9-10H2,1H3. The lowest BCUT2D eigenvalue weighted by molar-refractivity contribution is 0.0696. The van der Waals surface area contributed by atoms with E-state index in [9.17, 15) is 5.11 Å². The van der Waals surface area contributed by atoms with E-state index in [2.05, 4.69) is 23.3 Å². The average Bonchev–Trinajstić information content (AvgIpc) is 2.70. The summed E-state index contributed by atoms with van der Waals surface area (Å²) in [7, 11) is 1.99. The monoisotopic (exact) mass is 244 g/mol. The topological polar surface area (TPSA) is 38.0 Å². The Labute approximate surface area is 107 Å². The second-order valence-corrected chi connectivity index (χ2v) is 5.40. The third-order valence-electron chi connectivity index (χ3n) is 4.16. The number of hydrogen-bond acceptors (Lipinski definition) is 2. The van der Waals surface area contributed by atoms with Crippen molar-refractivity contribution >= 4 is 10.9 Å². The molecule has 1 fully saturated rings. The van der Waals surface area contributed by atoms with Gasteiger partial charge in [-0.3, -0.25) is 4.68 Å². The predicted octanol–water partition coefficient (Wildman–Crippen LogP) is 2.67. The van der Waals surface area contributed by atoms with Gasteiger partial charge in [-0.2, -0.15) is 5.10 Å². The maximum atomic E-state index is 10.1. The van der Waals surface area contributed by atoms with Gasteiger partial charge in [0.2, 0.25) is 0 Å². The van der Waals surface area contributed by atoms with Gasteiger partial charge in [-0.1, -0.05) is 31.0 Å². The number of aliphatic hydroxyl groups is 1. The molecule has 2 aromatic rings. The minimum absolute atomic E-state index is 0.139. The fourth-order valence-corrected chi connectivity index (χ4v) is 3.11. The number of hydrogen-bond donors (Lipinski definition) is 1. The number of fused-ring (bicyclic) bond motifs is 1. The highest BCUT2D eigenvalue weighted by Gasteiger charge is 2.24. The molecule has 3 rings (SSSR count). The third kappa shape index (κ3) is 2.03. The highest BCUT2D eigenvalue weighted by atomic mass is 16.3. The molecule has 1 aromatic heterocycles. The maximum Gasteiger partial charge on any atom is 0.0707 e. The van der Waals surface area contributed by atoms with Crippen LogP contribution in [0.4, 0.5) is 0 Å². The zero-order chi connectivity index (χ0) is 12.5. The van der Waals surface area contributed by atoms with E-state index in [0.717, 1.165) is 25.0 Å². The van der Waals surface area contributed by atoms with Crippen molar-refractivity contribution in [2.24, 2.45) is 13.0 Å². The summed E-state index contributed by atoms with van der Waals surface area (Å²) in [5.41, 5.74) is 2.32. The fraction of sp³-hybridized carbons (Fsp3) is 0.533. The van der Waals surface area contributed by atoms with Gasteiger partial charge < -0.3 is 5.11 Å². The minimum Gasteiger partial charge on any atom is -0.393 e. The Morgan fingerprint density at radius 2 is 2.06 bits per heavy atom. The normalized spacial score (nSPS) is 24.6. The Morgan fingerprint density at radius 1 is 1.28 bits per heavy atom. The quantitative estimate of drug-likeness (QED) is 0.882. The molecule has 0 bridgehead atoms. The molecule has 1 saturated carbocycles. The number of rotatable bonds is 2. The van der Waals surface area contributed by atoms with Crippen LogP contribution >= 0.6 is 0 Å². The van der Waals surface area contributed by atoms with Crippen LogP contribution in [0.25, 0.3) is 10.9 Å². The summed E-state index contributed by atoms with van der Waals surface area (Å²) in [6, 6.07) is 8.34. The minimum atomic E-state index is -0.139. The van der Waals surface area contributed by atoms with Crippen molar-refractivity contribution in [3.63, 3.8) is 0 Å². The molecule has 1 aliphatic carbocycles. The Bertz CT molecular complexity index is 546. The van der Waals surface area contributed by atoms with Crippen molar-refractivity contribution in [3.05, 3.63) is 30.0 Å². The molecular formula is C15H20N2O. The van der Waals surface area contributed by atoms with Crippen molar-refractivity contribution in [1.82, 2.24) is 9.78 Å². The van der Waals surface area contributed by atoms with E-state index in [1.54, 1.807) is 0 Å². The van der Waals surface area contributed by atoms with Crippen LogP contribution in [-0.2, 0) is 13.5 Å². The van der Waals surface area contributed by atoms with Crippen molar-refractivity contribution in [1.29, 1.82) is 0 Å². The number of aromatic nitrogens is 2. The molecule has 0 radical (unpaired) electrons. The molecule has 1 aliphatic rings. The summed E-state index contributed by atoms with van der Waals surface area (Å²) in [4.78, 5) is 0. The molecule has 3 nitrogen and oxygen atoms in total. The highest BCUT2D eigenvalue weighted by molar-refractivity contribution is 5.81. The first kappa shape index (κ1) is 11.7. The number of aryl methyl sites for hydroxylation is 1. The third-order valence-corrected chi connectivity index (χ3v) is 4.16. The first-order valence-electron chi connectivity index (χ1n) is 6.84. The molecule has 96 valence electrons. The van der Waals surface area contributed by atoms with Crippen LogP contribution in [0, 0.1) is 5.92 Å². The molecule has 2 unspecified atom stereocenters. The molecule has 1 aromatic carbocycles. The van der Waals surface area contributed by atoms with Gasteiger partial charge in [-0.15, -0.1) is 0 Å². The number of aliphatic hydroxyl groups excluding tert-OH is 1. The van der Waals surface area contributed by atoms with E-state index < -0.39 is 0 Å². The van der Waals surface area contributed by atoms with Crippen LogP contribution in [-0.4, -0.2) is 21.0 Å². The molecular weight excluding hydrogens is 224 g/mol. The first-order valence-corrected chi connectivity index (χ1v) is 6.84. The second-order valence-electron chi connectivity index (χ2n) is 5.40. The zero-order valence-electron chi connectivity index (χ0n) is 10.8. The van der Waals surface area contributed by atoms with Gasteiger partial charge in [-0.25, -0.2) is 0 Å². The highest BCUT2D eigenvalue weighted by Crippen LogP contribution is 2.29. The van der Waals surface area contributed by atoms with Crippen molar-refractivity contribution in [2.45, 2.75) is 38.2 Å². The van der Waals surface area contributed by atoms with E-state index in [4.69, 9.17) is 0 Å². The lowest BCUT2D eigenvalue weighted by Gasteiger charge is -2.26. The Kier molecular flexibility index (Phi) is 3.08. The van der Waals surface area contributed by atoms with E-state index in [0.29, 0.717) is 5.92 Å². The van der Waals surface area contributed by atoms with E-state index in [-0.39, 0.29) is 6.10 Å². The number of para-hydroxylation sites is 1. The van der Waals surface area contributed by atoms with Gasteiger partial charge in [0.1, 0.15) is 0 Å². The van der Waals surface area contributed by atoms with Crippen LogP contribution in [0.2, 0.25) is 0 Å². The second kappa shape index (κ2) is 4.73. The lowest BCUT2D eigenvalue weighted by atomic mass is 9.83. The van der Waals surface area contributed by atoms with E-state index in [1.165, 1.54) is 23.7 Å². The summed E-state index contributed by atoms with van der Waals surface area (Å²) in [6.45, 7) is 0. The van der Waals surface area contributed by atoms with Gasteiger partial charge in [0.25, 0.3) is 0 Å². The lowest BCUT2D eigenvalue weighted by Crippen LogP contribution is -2.26. The van der Waals surface area contributed by atoms with Crippen LogP contribution in [0.3, 0.4) is 0 Å². The van der Waals surface area contributed by atoms with Gasteiger partial charge in [0.05, 0.1) is 17.3 Å². The number of nitrogens with zero attached hydrogens (tertiary/aromatic N) is 2. The van der Waals surface area contributed by atoms with Crippen LogP contribution in [0.1, 0.15) is 31.4 Å². The summed E-state index contributed by atoms with van der Waals surface area (Å²) in [6.07, 6.45) is 5.26. The Hall–Kier alpha value is -1.35. The van der Waals surface area contributed by atoms with Gasteiger partial charge in [0.15, 0.2) is 0 Å². The van der Waals surface area contributed by atoms with Crippen molar-refractivity contribution in [2.75, 3.05) is 0 Å². The van der Waals surface area contributed by atoms with Crippen LogP contribution in [0.15, 0.2) is 24.3 Å². The van der Waals surface area contributed by atoms with Gasteiger partial charge in [-0.05, 0) is 31.2 Å². The molecule has 1 heterocycles. The molecule has 0 saturated heterocycles. The van der Waals surface area contributed by atoms with E-state index >= 15 is 0 Å². The fourth-order valence-electron chi connectivity index (χ4n) is 3.11. The number of benzene rings is 1. The van der Waals surface area contributed by atoms with Gasteiger partial charge >= 0.3 is 0 Å². The van der Waals surface area contributed by atoms with Crippen molar-refractivity contribution < 1.29 is 5.11 Å². The smallest absolute Gasteiger partial charge is 0.0707 e. The predicted molar refractivity (Wildman–Crippen MR) is 72.4 cm³/mol. The van der Waals surface area contributed by atoms with Crippen molar-refractivity contribution in [3.8, 4) is 0 Å². The van der Waals surface area contributed by atoms with E-state index in [1.807, 2.05) is 17.8 Å². The summed E-state index contributed by atoms with van der Waals surface area (Å²) in [5, 5.41) is 15.9. The molecule has 0 aliphatic heterocycles. The first-order chi connectivity index (χ1) is 8.75.